The number of rotatable bonds is 1. The van der Waals surface area contributed by atoms with Crippen LogP contribution in [0.25, 0.3) is 0 Å². The van der Waals surface area contributed by atoms with Crippen LogP contribution in [-0.2, 0) is 6.42 Å². The molecular weight excluding hydrogens is 332 g/mol. The summed E-state index contributed by atoms with van der Waals surface area (Å²) in [6.07, 6.45) is 9.07. The van der Waals surface area contributed by atoms with E-state index < -0.39 is 8.07 Å². The van der Waals surface area contributed by atoms with E-state index in [4.69, 9.17) is 0 Å². The van der Waals surface area contributed by atoms with Crippen molar-refractivity contribution in [2.24, 2.45) is 17.3 Å². The Morgan fingerprint density at radius 1 is 1.12 bits per heavy atom. The molecule has 0 spiro atoms. The molecule has 5 atom stereocenters. The van der Waals surface area contributed by atoms with Gasteiger partial charge in [0.2, 0.25) is 0 Å². The number of aliphatic hydroxyl groups is 1. The average Bonchev–Trinajstić information content (AvgIpc) is 2.88. The molecule has 1 saturated carbocycles. The normalized spacial score (nSPS) is 36.4. The molecule has 142 valence electrons. The molecule has 1 fully saturated rings. The summed E-state index contributed by atoms with van der Waals surface area (Å²) in [6.45, 7) is 14.6. The highest BCUT2D eigenvalue weighted by Crippen LogP contribution is 2.58. The smallest absolute Gasteiger partial charge is 0.0859 e. The first-order chi connectivity index (χ1) is 12.1. The molecule has 26 heavy (non-hydrogen) atoms. The molecule has 0 radical (unpaired) electrons. The fourth-order valence-corrected chi connectivity index (χ4v) is 7.73. The summed E-state index contributed by atoms with van der Waals surface area (Å²) in [6, 6.07) is 7.53. The van der Waals surface area contributed by atoms with E-state index in [0.717, 1.165) is 6.42 Å². The summed E-state index contributed by atoms with van der Waals surface area (Å²) in [5.41, 5.74) is 3.33. The molecule has 3 aliphatic carbocycles. The van der Waals surface area contributed by atoms with Gasteiger partial charge in [0.05, 0.1) is 14.2 Å². The average molecular weight is 369 g/mol. The maximum Gasteiger partial charge on any atom is 0.0859 e. The van der Waals surface area contributed by atoms with Crippen molar-refractivity contribution in [3.05, 3.63) is 41.5 Å². The summed E-state index contributed by atoms with van der Waals surface area (Å²) >= 11 is 0. The molecule has 2 heteroatoms. The van der Waals surface area contributed by atoms with Crippen molar-refractivity contribution in [2.45, 2.75) is 83.5 Å². The van der Waals surface area contributed by atoms with Gasteiger partial charge in [-0.2, -0.15) is 0 Å². The van der Waals surface area contributed by atoms with Crippen molar-refractivity contribution in [1.82, 2.24) is 0 Å². The van der Waals surface area contributed by atoms with Crippen LogP contribution < -0.4 is 5.19 Å². The van der Waals surface area contributed by atoms with Crippen LogP contribution in [0.1, 0.15) is 64.0 Å². The fourth-order valence-electron chi connectivity index (χ4n) is 5.83. The first kappa shape index (κ1) is 18.5. The predicted molar refractivity (Wildman–Crippen MR) is 114 cm³/mol. The van der Waals surface area contributed by atoms with Crippen LogP contribution in [0.2, 0.25) is 18.1 Å². The molecule has 0 amide bonds. The number of hydrogen-bond acceptors (Lipinski definition) is 1. The van der Waals surface area contributed by atoms with Gasteiger partial charge in [0, 0.05) is 5.41 Å². The van der Waals surface area contributed by atoms with Crippen LogP contribution in [0.4, 0.5) is 0 Å². The number of aliphatic hydroxyl groups excluding tert-OH is 1. The zero-order chi connectivity index (χ0) is 18.9. The lowest BCUT2D eigenvalue weighted by atomic mass is 9.55. The van der Waals surface area contributed by atoms with Gasteiger partial charge in [-0.15, -0.1) is 0 Å². The first-order valence-corrected chi connectivity index (χ1v) is 13.6. The van der Waals surface area contributed by atoms with Crippen LogP contribution in [0.15, 0.2) is 30.4 Å². The van der Waals surface area contributed by atoms with E-state index in [1.807, 2.05) is 0 Å². The Kier molecular flexibility index (Phi) is 4.14. The van der Waals surface area contributed by atoms with Gasteiger partial charge in [-0.05, 0) is 59.6 Å². The van der Waals surface area contributed by atoms with Crippen LogP contribution in [0.3, 0.4) is 0 Å². The summed E-state index contributed by atoms with van der Waals surface area (Å²) in [5.74, 6) is 1.97. The molecule has 4 rings (SSSR count). The minimum atomic E-state index is -1.47. The fraction of sp³-hybridized carbons (Fsp3) is 0.667. The Labute approximate surface area is 160 Å². The summed E-state index contributed by atoms with van der Waals surface area (Å²) in [5, 5.41) is 12.5. The summed E-state index contributed by atoms with van der Waals surface area (Å²) in [7, 11) is -1.47. The third-order valence-electron chi connectivity index (χ3n) is 8.80. The van der Waals surface area contributed by atoms with Gasteiger partial charge in [-0.3, -0.25) is 0 Å². The Morgan fingerprint density at radius 3 is 2.54 bits per heavy atom. The van der Waals surface area contributed by atoms with Gasteiger partial charge in [0.15, 0.2) is 0 Å². The van der Waals surface area contributed by atoms with E-state index in [0.29, 0.717) is 22.8 Å². The minimum absolute atomic E-state index is 0.0831. The zero-order valence-corrected chi connectivity index (χ0v) is 18.5. The van der Waals surface area contributed by atoms with Crippen LogP contribution in [0, 0.1) is 17.3 Å². The number of hydrogen-bond donors (Lipinski definition) is 1. The number of aryl methyl sites for hydroxylation is 1. The molecule has 1 aromatic carbocycles. The van der Waals surface area contributed by atoms with Crippen molar-refractivity contribution in [3.8, 4) is 0 Å². The Bertz CT molecular complexity index is 741. The van der Waals surface area contributed by atoms with E-state index in [2.05, 4.69) is 71.1 Å². The maximum absolute atomic E-state index is 10.5. The monoisotopic (exact) mass is 368 g/mol. The van der Waals surface area contributed by atoms with Crippen molar-refractivity contribution in [2.75, 3.05) is 0 Å². The lowest BCUT2D eigenvalue weighted by Gasteiger charge is -2.50. The number of allylic oxidation sites excluding steroid dienone is 1. The van der Waals surface area contributed by atoms with Gasteiger partial charge in [-0.1, -0.05) is 76.3 Å². The summed E-state index contributed by atoms with van der Waals surface area (Å²) < 4.78 is 0. The molecule has 1 aromatic rings. The van der Waals surface area contributed by atoms with Gasteiger partial charge in [-0.25, -0.2) is 0 Å². The number of benzene rings is 1. The predicted octanol–water partition coefficient (Wildman–Crippen LogP) is 5.40. The second-order valence-electron chi connectivity index (χ2n) is 11.0. The number of fused-ring (bicyclic) bond motifs is 5. The summed E-state index contributed by atoms with van der Waals surface area (Å²) in [4.78, 5) is 0. The SMILES string of the molecule is CC(C)(C)[Si](C)(C)c1ccc2c(c1)CC[C@@H]1[C@@H]2CC[C@]2(C)C(O)C=C[C@@H]12. The lowest BCUT2D eigenvalue weighted by Crippen LogP contribution is -2.50. The quantitative estimate of drug-likeness (QED) is 0.520. The van der Waals surface area contributed by atoms with Gasteiger partial charge < -0.3 is 5.11 Å². The van der Waals surface area contributed by atoms with Gasteiger partial charge in [0.1, 0.15) is 0 Å². The van der Waals surface area contributed by atoms with Crippen molar-refractivity contribution < 1.29 is 5.11 Å². The highest BCUT2D eigenvalue weighted by Gasteiger charge is 2.52. The molecule has 0 aromatic heterocycles. The molecule has 1 unspecified atom stereocenters. The topological polar surface area (TPSA) is 20.2 Å². The van der Waals surface area contributed by atoms with E-state index in [1.54, 1.807) is 16.3 Å². The molecule has 0 saturated heterocycles. The van der Waals surface area contributed by atoms with E-state index >= 15 is 0 Å². The minimum Gasteiger partial charge on any atom is -0.388 e. The molecule has 0 heterocycles. The molecule has 1 N–H and O–H groups in total. The third-order valence-corrected chi connectivity index (χ3v) is 14.3. The molecule has 0 bridgehead atoms. The van der Waals surface area contributed by atoms with Crippen LogP contribution in [0.5, 0.6) is 0 Å². The second kappa shape index (κ2) is 5.82. The van der Waals surface area contributed by atoms with Crippen LogP contribution >= 0.6 is 0 Å². The maximum atomic E-state index is 10.5. The highest BCUT2D eigenvalue weighted by molar-refractivity contribution is 6.92. The standard InChI is InChI=1S/C24H36OSi/c1-23(2,3)26(5,6)17-8-10-18-16(15-17)7-9-20-19(18)13-14-24(4)21(20)11-12-22(24)25/h8,10-12,15,19-22,25H,7,9,13-14H2,1-6H3/t19-,20-,21+,22?,24+/m1/s1. The Balaban J connectivity index is 1.67. The Morgan fingerprint density at radius 2 is 1.85 bits per heavy atom. The molecule has 1 nitrogen and oxygen atoms in total. The Hall–Kier alpha value is -0.863. The lowest BCUT2D eigenvalue weighted by molar-refractivity contribution is -0.0101. The van der Waals surface area contributed by atoms with Gasteiger partial charge in [0.25, 0.3) is 0 Å². The first-order valence-electron chi connectivity index (χ1n) is 10.6. The molecular formula is C24H36OSi. The van der Waals surface area contributed by atoms with Crippen molar-refractivity contribution in [3.63, 3.8) is 0 Å². The van der Waals surface area contributed by atoms with Crippen molar-refractivity contribution in [1.29, 1.82) is 0 Å². The second-order valence-corrected chi connectivity index (χ2v) is 16.3. The van der Waals surface area contributed by atoms with Crippen LogP contribution in [-0.4, -0.2) is 19.3 Å². The van der Waals surface area contributed by atoms with Gasteiger partial charge >= 0.3 is 0 Å². The van der Waals surface area contributed by atoms with E-state index in [-0.39, 0.29) is 11.5 Å². The molecule has 0 aliphatic heterocycles. The van der Waals surface area contributed by atoms with E-state index in [1.165, 1.54) is 19.3 Å². The largest absolute Gasteiger partial charge is 0.388 e. The molecule has 3 aliphatic rings. The van der Waals surface area contributed by atoms with Crippen molar-refractivity contribution >= 4 is 13.3 Å². The van der Waals surface area contributed by atoms with E-state index in [9.17, 15) is 5.11 Å². The highest BCUT2D eigenvalue weighted by atomic mass is 28.3. The zero-order valence-electron chi connectivity index (χ0n) is 17.5. The third kappa shape index (κ3) is 2.52.